The fourth-order valence-electron chi connectivity index (χ4n) is 2.94. The Hall–Kier alpha value is -3.23. The fourth-order valence-corrected chi connectivity index (χ4v) is 2.94. The van der Waals surface area contributed by atoms with Gasteiger partial charge in [-0.3, -0.25) is 9.78 Å². The summed E-state index contributed by atoms with van der Waals surface area (Å²) in [5.41, 5.74) is 1.29. The van der Waals surface area contributed by atoms with Crippen LogP contribution in [0.4, 0.5) is 10.6 Å². The van der Waals surface area contributed by atoms with Gasteiger partial charge >= 0.3 is 6.09 Å². The number of piperazine rings is 1. The van der Waals surface area contributed by atoms with Crippen molar-refractivity contribution in [2.45, 2.75) is 20.4 Å². The lowest BCUT2D eigenvalue weighted by atomic mass is 10.2. The lowest BCUT2D eigenvalue weighted by Gasteiger charge is -2.34. The summed E-state index contributed by atoms with van der Waals surface area (Å²) >= 11 is 0. The van der Waals surface area contributed by atoms with Crippen molar-refractivity contribution < 1.29 is 14.3 Å². The topological polar surface area (TPSA) is 101 Å². The second-order valence-electron chi connectivity index (χ2n) is 6.37. The van der Waals surface area contributed by atoms with Crippen LogP contribution in [-0.2, 0) is 11.3 Å². The maximum absolute atomic E-state index is 12.5. The zero-order chi connectivity index (χ0) is 19.9. The number of carbonyl (C=O) groups excluding carboxylic acids is 2. The maximum atomic E-state index is 12.5. The number of hydrogen-bond acceptors (Lipinski definition) is 7. The monoisotopic (exact) mass is 384 g/mol. The molecule has 3 heterocycles. The van der Waals surface area contributed by atoms with Crippen LogP contribution < -0.4 is 10.2 Å². The molecule has 0 radical (unpaired) electrons. The van der Waals surface area contributed by atoms with Gasteiger partial charge < -0.3 is 19.9 Å². The number of amides is 2. The summed E-state index contributed by atoms with van der Waals surface area (Å²) in [6.45, 7) is 6.65. The van der Waals surface area contributed by atoms with Gasteiger partial charge in [-0.05, 0) is 31.5 Å². The van der Waals surface area contributed by atoms with Gasteiger partial charge in [0.1, 0.15) is 17.3 Å². The largest absolute Gasteiger partial charge is 0.450 e. The number of nitrogens with one attached hydrogen (secondary N) is 1. The van der Waals surface area contributed by atoms with Gasteiger partial charge in [-0.2, -0.15) is 0 Å². The SMILES string of the molecule is CCOC(=O)N1CCN(c2cc(C(=O)NCc3ccncc3)nc(C)n2)CC1. The van der Waals surface area contributed by atoms with E-state index in [-0.39, 0.29) is 12.0 Å². The molecule has 9 heteroatoms. The molecule has 1 fully saturated rings. The van der Waals surface area contributed by atoms with E-state index in [1.165, 1.54) is 0 Å². The number of pyridine rings is 1. The van der Waals surface area contributed by atoms with Gasteiger partial charge in [0.05, 0.1) is 6.61 Å². The summed E-state index contributed by atoms with van der Waals surface area (Å²) in [5, 5.41) is 2.86. The van der Waals surface area contributed by atoms with Crippen LogP contribution in [0.25, 0.3) is 0 Å². The van der Waals surface area contributed by atoms with Crippen molar-refractivity contribution in [2.24, 2.45) is 0 Å². The van der Waals surface area contributed by atoms with E-state index in [2.05, 4.69) is 20.3 Å². The first kappa shape index (κ1) is 19.5. The van der Waals surface area contributed by atoms with Crippen LogP contribution in [0, 0.1) is 6.92 Å². The lowest BCUT2D eigenvalue weighted by Crippen LogP contribution is -2.49. The Morgan fingerprint density at radius 2 is 1.86 bits per heavy atom. The van der Waals surface area contributed by atoms with Crippen LogP contribution in [0.2, 0.25) is 0 Å². The highest BCUT2D eigenvalue weighted by molar-refractivity contribution is 5.92. The number of hydrogen-bond donors (Lipinski definition) is 1. The molecule has 0 bridgehead atoms. The predicted molar refractivity (Wildman–Crippen MR) is 103 cm³/mol. The van der Waals surface area contributed by atoms with Crippen LogP contribution in [0.1, 0.15) is 28.8 Å². The first-order chi connectivity index (χ1) is 13.6. The summed E-state index contributed by atoms with van der Waals surface area (Å²) in [7, 11) is 0. The van der Waals surface area contributed by atoms with Crippen LogP contribution >= 0.6 is 0 Å². The van der Waals surface area contributed by atoms with E-state index in [9.17, 15) is 9.59 Å². The Bertz CT molecular complexity index is 822. The predicted octanol–water partition coefficient (Wildman–Crippen LogP) is 1.39. The molecule has 0 atom stereocenters. The molecule has 3 rings (SSSR count). The van der Waals surface area contributed by atoms with E-state index in [0.29, 0.717) is 56.7 Å². The normalized spacial score (nSPS) is 13.9. The van der Waals surface area contributed by atoms with Crippen LogP contribution in [0.5, 0.6) is 0 Å². The van der Waals surface area contributed by atoms with E-state index < -0.39 is 0 Å². The van der Waals surface area contributed by atoms with Gasteiger partial charge in [-0.25, -0.2) is 14.8 Å². The number of anilines is 1. The molecular weight excluding hydrogens is 360 g/mol. The standard InChI is InChI=1S/C19H24N6O3/c1-3-28-19(27)25-10-8-24(9-11-25)17-12-16(22-14(2)23-17)18(26)21-13-15-4-6-20-7-5-15/h4-7,12H,3,8-11,13H2,1-2H3,(H,21,26). The van der Waals surface area contributed by atoms with E-state index in [4.69, 9.17) is 4.74 Å². The second-order valence-corrected chi connectivity index (χ2v) is 6.37. The highest BCUT2D eigenvalue weighted by atomic mass is 16.6. The minimum absolute atomic E-state index is 0.256. The van der Waals surface area contributed by atoms with Crippen molar-refractivity contribution >= 4 is 17.8 Å². The first-order valence-electron chi connectivity index (χ1n) is 9.26. The van der Waals surface area contributed by atoms with Gasteiger partial charge in [-0.15, -0.1) is 0 Å². The van der Waals surface area contributed by atoms with E-state index in [0.717, 1.165) is 5.56 Å². The quantitative estimate of drug-likeness (QED) is 0.831. The lowest BCUT2D eigenvalue weighted by molar-refractivity contribution is 0.0945. The maximum Gasteiger partial charge on any atom is 0.409 e. The van der Waals surface area contributed by atoms with E-state index in [1.54, 1.807) is 37.2 Å². The molecule has 0 unspecified atom stereocenters. The average molecular weight is 384 g/mol. The zero-order valence-electron chi connectivity index (χ0n) is 16.1. The number of carbonyl (C=O) groups is 2. The second kappa shape index (κ2) is 9.12. The third kappa shape index (κ3) is 4.93. The van der Waals surface area contributed by atoms with Crippen LogP contribution in [0.3, 0.4) is 0 Å². The van der Waals surface area contributed by atoms with Gasteiger partial charge in [0.2, 0.25) is 0 Å². The summed E-state index contributed by atoms with van der Waals surface area (Å²) in [6.07, 6.45) is 3.08. The van der Waals surface area contributed by atoms with Crippen LogP contribution in [-0.4, -0.2) is 64.6 Å². The molecule has 2 aromatic heterocycles. The fraction of sp³-hybridized carbons (Fsp3) is 0.421. The molecule has 1 aliphatic rings. The molecule has 2 amide bonds. The third-order valence-electron chi connectivity index (χ3n) is 4.39. The molecule has 0 saturated carbocycles. The molecule has 0 aliphatic carbocycles. The third-order valence-corrected chi connectivity index (χ3v) is 4.39. The molecule has 0 spiro atoms. The van der Waals surface area contributed by atoms with Crippen molar-refractivity contribution in [3.05, 3.63) is 47.7 Å². The number of aryl methyl sites for hydroxylation is 1. The summed E-state index contributed by atoms with van der Waals surface area (Å²) in [5.74, 6) is 0.957. The molecule has 28 heavy (non-hydrogen) atoms. The molecule has 1 saturated heterocycles. The molecule has 1 aliphatic heterocycles. The Balaban J connectivity index is 1.63. The van der Waals surface area contributed by atoms with Gasteiger partial charge in [0.15, 0.2) is 0 Å². The molecule has 2 aromatic rings. The molecule has 9 nitrogen and oxygen atoms in total. The first-order valence-corrected chi connectivity index (χ1v) is 9.26. The number of ether oxygens (including phenoxy) is 1. The molecule has 0 aromatic carbocycles. The van der Waals surface area contributed by atoms with E-state index >= 15 is 0 Å². The minimum Gasteiger partial charge on any atom is -0.450 e. The average Bonchev–Trinajstić information content (AvgIpc) is 2.72. The van der Waals surface area contributed by atoms with Crippen molar-refractivity contribution in [2.75, 3.05) is 37.7 Å². The zero-order valence-corrected chi connectivity index (χ0v) is 16.1. The van der Waals surface area contributed by atoms with Crippen molar-refractivity contribution in [1.29, 1.82) is 0 Å². The number of nitrogens with zero attached hydrogens (tertiary/aromatic N) is 5. The number of rotatable bonds is 5. The summed E-state index contributed by atoms with van der Waals surface area (Å²) < 4.78 is 5.04. The molecule has 1 N–H and O–H groups in total. The van der Waals surface area contributed by atoms with Gasteiger partial charge in [0.25, 0.3) is 5.91 Å². The Kier molecular flexibility index (Phi) is 6.36. The highest BCUT2D eigenvalue weighted by Gasteiger charge is 2.23. The van der Waals surface area contributed by atoms with E-state index in [1.807, 2.05) is 17.0 Å². The van der Waals surface area contributed by atoms with Crippen LogP contribution in [0.15, 0.2) is 30.6 Å². The van der Waals surface area contributed by atoms with Crippen molar-refractivity contribution in [1.82, 2.24) is 25.2 Å². The Labute approximate surface area is 163 Å². The number of aromatic nitrogens is 3. The van der Waals surface area contributed by atoms with Gasteiger partial charge in [-0.1, -0.05) is 0 Å². The summed E-state index contributed by atoms with van der Waals surface area (Å²) in [4.78, 5) is 40.7. The van der Waals surface area contributed by atoms with Crippen molar-refractivity contribution in [3.63, 3.8) is 0 Å². The minimum atomic E-state index is -0.294. The molecular formula is C19H24N6O3. The molecule has 148 valence electrons. The Morgan fingerprint density at radius 1 is 1.14 bits per heavy atom. The highest BCUT2D eigenvalue weighted by Crippen LogP contribution is 2.16. The van der Waals surface area contributed by atoms with Gasteiger partial charge in [0, 0.05) is 51.2 Å². The summed E-state index contributed by atoms with van der Waals surface area (Å²) in [6, 6.07) is 5.38. The Morgan fingerprint density at radius 3 is 2.54 bits per heavy atom. The van der Waals surface area contributed by atoms with Crippen molar-refractivity contribution in [3.8, 4) is 0 Å². The smallest absolute Gasteiger partial charge is 0.409 e.